The van der Waals surface area contributed by atoms with Crippen molar-refractivity contribution in [3.63, 3.8) is 0 Å². The predicted octanol–water partition coefficient (Wildman–Crippen LogP) is 0.681. The van der Waals surface area contributed by atoms with Crippen LogP contribution in [0.5, 0.6) is 0 Å². The van der Waals surface area contributed by atoms with Gasteiger partial charge >= 0.3 is 0 Å². The van der Waals surface area contributed by atoms with E-state index < -0.39 is 0 Å². The Hall–Kier alpha value is -1.10. The molecule has 2 heterocycles. The summed E-state index contributed by atoms with van der Waals surface area (Å²) in [5, 5.41) is 2.90. The van der Waals surface area contributed by atoms with Crippen LogP contribution in [-0.4, -0.2) is 48.1 Å². The van der Waals surface area contributed by atoms with E-state index in [1.807, 2.05) is 11.8 Å². The number of hydrogen-bond acceptors (Lipinski definition) is 3. The summed E-state index contributed by atoms with van der Waals surface area (Å²) in [6.45, 7) is 3.36. The molecule has 0 spiro atoms. The molecule has 1 aliphatic carbocycles. The van der Waals surface area contributed by atoms with Gasteiger partial charge in [0.2, 0.25) is 11.8 Å². The van der Waals surface area contributed by atoms with Gasteiger partial charge in [-0.2, -0.15) is 0 Å². The zero-order valence-electron chi connectivity index (χ0n) is 11.4. The summed E-state index contributed by atoms with van der Waals surface area (Å²) in [6.07, 6.45) is 4.74. The smallest absolute Gasteiger partial charge is 0.245 e. The Bertz CT molecular complexity index is 375. The zero-order valence-corrected chi connectivity index (χ0v) is 11.4. The van der Waals surface area contributed by atoms with Gasteiger partial charge in [-0.3, -0.25) is 9.59 Å². The average Bonchev–Trinajstić information content (AvgIpc) is 3.11. The molecule has 5 heteroatoms. The van der Waals surface area contributed by atoms with Crippen molar-refractivity contribution in [3.05, 3.63) is 0 Å². The summed E-state index contributed by atoms with van der Waals surface area (Å²) < 4.78 is 5.70. The fourth-order valence-corrected chi connectivity index (χ4v) is 3.16. The van der Waals surface area contributed by atoms with Crippen LogP contribution in [0.4, 0.5) is 0 Å². The molecule has 3 aliphatic rings. The van der Waals surface area contributed by atoms with Crippen molar-refractivity contribution in [1.82, 2.24) is 10.2 Å². The molecule has 0 radical (unpaired) electrons. The third kappa shape index (κ3) is 2.61. The van der Waals surface area contributed by atoms with Crippen LogP contribution in [0, 0.1) is 5.92 Å². The Morgan fingerprint density at radius 3 is 2.74 bits per heavy atom. The van der Waals surface area contributed by atoms with Crippen molar-refractivity contribution in [1.29, 1.82) is 0 Å². The second kappa shape index (κ2) is 5.12. The van der Waals surface area contributed by atoms with Crippen LogP contribution in [0.1, 0.15) is 39.0 Å². The first-order valence-corrected chi connectivity index (χ1v) is 7.38. The summed E-state index contributed by atoms with van der Waals surface area (Å²) in [7, 11) is 0. The quantitative estimate of drug-likeness (QED) is 0.817. The van der Waals surface area contributed by atoms with Crippen molar-refractivity contribution in [2.45, 2.75) is 57.2 Å². The van der Waals surface area contributed by atoms with Gasteiger partial charge < -0.3 is 15.0 Å². The first-order chi connectivity index (χ1) is 9.16. The normalized spacial score (nSPS) is 34.1. The first-order valence-electron chi connectivity index (χ1n) is 7.38. The average molecular weight is 266 g/mol. The Labute approximate surface area is 113 Å². The lowest BCUT2D eigenvalue weighted by atomic mass is 10.1. The lowest BCUT2D eigenvalue weighted by Gasteiger charge is -2.33. The van der Waals surface area contributed by atoms with Crippen LogP contribution < -0.4 is 5.32 Å². The van der Waals surface area contributed by atoms with E-state index in [2.05, 4.69) is 5.32 Å². The number of amides is 2. The van der Waals surface area contributed by atoms with Crippen molar-refractivity contribution in [2.75, 3.05) is 13.2 Å². The maximum absolute atomic E-state index is 12.6. The van der Waals surface area contributed by atoms with Gasteiger partial charge in [-0.1, -0.05) is 0 Å². The second-order valence-corrected chi connectivity index (χ2v) is 5.96. The summed E-state index contributed by atoms with van der Waals surface area (Å²) >= 11 is 0. The minimum absolute atomic E-state index is 0.00675. The van der Waals surface area contributed by atoms with Gasteiger partial charge in [0.1, 0.15) is 6.04 Å². The summed E-state index contributed by atoms with van der Waals surface area (Å²) in [4.78, 5) is 26.2. The molecule has 3 atom stereocenters. The van der Waals surface area contributed by atoms with E-state index in [4.69, 9.17) is 4.74 Å². The molecule has 3 rings (SSSR count). The summed E-state index contributed by atoms with van der Waals surface area (Å²) in [5.74, 6) is 0.456. The molecular weight excluding hydrogens is 244 g/mol. The van der Waals surface area contributed by atoms with Gasteiger partial charge in [0.05, 0.1) is 12.1 Å². The monoisotopic (exact) mass is 266 g/mol. The molecule has 0 aromatic rings. The number of nitrogens with one attached hydrogen (secondary N) is 1. The molecular formula is C14H22N2O3. The zero-order chi connectivity index (χ0) is 13.4. The van der Waals surface area contributed by atoms with Crippen LogP contribution >= 0.6 is 0 Å². The molecule has 1 saturated carbocycles. The highest BCUT2D eigenvalue weighted by Crippen LogP contribution is 2.35. The number of rotatable bonds is 3. The Kier molecular flexibility index (Phi) is 3.48. The molecule has 2 amide bonds. The highest BCUT2D eigenvalue weighted by molar-refractivity contribution is 5.90. The molecule has 0 bridgehead atoms. The maximum Gasteiger partial charge on any atom is 0.245 e. The third-order valence-electron chi connectivity index (χ3n) is 4.53. The molecule has 3 fully saturated rings. The minimum atomic E-state index is -0.293. The first kappa shape index (κ1) is 12.9. The largest absolute Gasteiger partial charge is 0.376 e. The van der Waals surface area contributed by atoms with Crippen LogP contribution in [0.15, 0.2) is 0 Å². The van der Waals surface area contributed by atoms with E-state index in [0.29, 0.717) is 18.9 Å². The van der Waals surface area contributed by atoms with Crippen molar-refractivity contribution < 1.29 is 14.3 Å². The van der Waals surface area contributed by atoms with Crippen LogP contribution in [0.25, 0.3) is 0 Å². The van der Waals surface area contributed by atoms with Gasteiger partial charge in [0, 0.05) is 19.6 Å². The number of carbonyl (C=O) groups is 2. The lowest BCUT2D eigenvalue weighted by molar-refractivity contribution is -0.138. The van der Waals surface area contributed by atoms with Crippen molar-refractivity contribution in [3.8, 4) is 0 Å². The third-order valence-corrected chi connectivity index (χ3v) is 4.53. The Morgan fingerprint density at radius 1 is 1.32 bits per heavy atom. The molecule has 2 aliphatic heterocycles. The number of hydrogen-bond donors (Lipinski definition) is 1. The van der Waals surface area contributed by atoms with E-state index in [-0.39, 0.29) is 30.0 Å². The fraction of sp³-hybridized carbons (Fsp3) is 0.857. The molecule has 2 saturated heterocycles. The van der Waals surface area contributed by atoms with Gasteiger partial charge in [0.15, 0.2) is 0 Å². The van der Waals surface area contributed by atoms with Gasteiger partial charge in [-0.05, 0) is 38.5 Å². The molecule has 19 heavy (non-hydrogen) atoms. The standard InChI is InChI=1S/C14H22N2O3/c1-9(11-3-2-8-19-11)16-7-6-12(17)15-13(14(16)18)10-4-5-10/h9-11,13H,2-8H2,1H3,(H,15,17). The number of ether oxygens (including phenoxy) is 1. The van der Waals surface area contributed by atoms with Crippen LogP contribution in [-0.2, 0) is 14.3 Å². The molecule has 0 aromatic carbocycles. The molecule has 5 nitrogen and oxygen atoms in total. The molecule has 1 N–H and O–H groups in total. The molecule has 106 valence electrons. The molecule has 3 unspecified atom stereocenters. The topological polar surface area (TPSA) is 58.6 Å². The van der Waals surface area contributed by atoms with Gasteiger partial charge in [0.25, 0.3) is 0 Å². The van der Waals surface area contributed by atoms with E-state index in [0.717, 1.165) is 32.3 Å². The maximum atomic E-state index is 12.6. The van der Waals surface area contributed by atoms with Crippen LogP contribution in [0.3, 0.4) is 0 Å². The van der Waals surface area contributed by atoms with E-state index in [9.17, 15) is 9.59 Å². The predicted molar refractivity (Wildman–Crippen MR) is 69.4 cm³/mol. The van der Waals surface area contributed by atoms with Crippen LogP contribution in [0.2, 0.25) is 0 Å². The summed E-state index contributed by atoms with van der Waals surface area (Å²) in [5.41, 5.74) is 0. The van der Waals surface area contributed by atoms with Gasteiger partial charge in [-0.15, -0.1) is 0 Å². The lowest BCUT2D eigenvalue weighted by Crippen LogP contribution is -2.51. The van der Waals surface area contributed by atoms with E-state index in [1.165, 1.54) is 0 Å². The van der Waals surface area contributed by atoms with Crippen molar-refractivity contribution >= 4 is 11.8 Å². The highest BCUT2D eigenvalue weighted by atomic mass is 16.5. The SMILES string of the molecule is CC(C1CCCO1)N1CCC(=O)NC(C2CC2)C1=O. The fourth-order valence-electron chi connectivity index (χ4n) is 3.16. The Balaban J connectivity index is 1.74. The molecule has 0 aromatic heterocycles. The minimum Gasteiger partial charge on any atom is -0.376 e. The van der Waals surface area contributed by atoms with E-state index >= 15 is 0 Å². The second-order valence-electron chi connectivity index (χ2n) is 5.96. The van der Waals surface area contributed by atoms with Gasteiger partial charge in [-0.25, -0.2) is 0 Å². The Morgan fingerprint density at radius 2 is 2.11 bits per heavy atom. The number of nitrogens with zero attached hydrogens (tertiary/aromatic N) is 1. The van der Waals surface area contributed by atoms with E-state index in [1.54, 1.807) is 0 Å². The summed E-state index contributed by atoms with van der Waals surface area (Å²) in [6, 6.07) is -0.220. The van der Waals surface area contributed by atoms with Crippen molar-refractivity contribution in [2.24, 2.45) is 5.92 Å². The highest BCUT2D eigenvalue weighted by Gasteiger charge is 2.43. The number of carbonyl (C=O) groups excluding carboxylic acids is 2.